The summed E-state index contributed by atoms with van der Waals surface area (Å²) in [5, 5.41) is 10.2. The predicted octanol–water partition coefficient (Wildman–Crippen LogP) is 3.06. The first kappa shape index (κ1) is 17.2. The molecule has 2 aromatic carbocycles. The topological polar surface area (TPSA) is 70.7 Å². The minimum atomic E-state index is -0.301. The van der Waals surface area contributed by atoms with Gasteiger partial charge < -0.3 is 5.32 Å². The Bertz CT molecular complexity index is 821. The first-order valence-corrected chi connectivity index (χ1v) is 8.81. The van der Waals surface area contributed by atoms with Gasteiger partial charge in [0.2, 0.25) is 11.1 Å². The fraction of sp³-hybridized carbons (Fsp3) is 0.167. The van der Waals surface area contributed by atoms with Gasteiger partial charge in [0.05, 0.1) is 5.75 Å². The second-order valence-corrected chi connectivity index (χ2v) is 6.29. The number of benzene rings is 2. The Morgan fingerprint density at radius 2 is 1.88 bits per heavy atom. The zero-order valence-electron chi connectivity index (χ0n) is 13.4. The molecule has 25 heavy (non-hydrogen) atoms. The molecule has 0 spiro atoms. The fourth-order valence-electron chi connectivity index (χ4n) is 2.22. The molecular formula is C18H17FN4OS. The van der Waals surface area contributed by atoms with Crippen molar-refractivity contribution in [1.29, 1.82) is 0 Å². The number of halogens is 1. The number of nitrogens with one attached hydrogen (secondary N) is 2. The molecule has 0 aliphatic carbocycles. The lowest BCUT2D eigenvalue weighted by molar-refractivity contribution is -0.118. The average Bonchev–Trinajstić information content (AvgIpc) is 3.10. The number of aromatic nitrogens is 3. The van der Waals surface area contributed by atoms with Gasteiger partial charge in [0.1, 0.15) is 5.82 Å². The molecule has 3 rings (SSSR count). The van der Waals surface area contributed by atoms with Crippen LogP contribution in [0.15, 0.2) is 59.8 Å². The Labute approximate surface area is 149 Å². The zero-order chi connectivity index (χ0) is 17.5. The zero-order valence-corrected chi connectivity index (χ0v) is 14.2. The van der Waals surface area contributed by atoms with Gasteiger partial charge in [-0.05, 0) is 36.2 Å². The highest BCUT2D eigenvalue weighted by molar-refractivity contribution is 7.99. The maximum atomic E-state index is 12.9. The molecule has 0 fully saturated rings. The molecule has 1 heterocycles. The molecule has 0 saturated carbocycles. The van der Waals surface area contributed by atoms with E-state index in [-0.39, 0.29) is 17.5 Å². The molecule has 0 aliphatic heterocycles. The van der Waals surface area contributed by atoms with E-state index in [4.69, 9.17) is 0 Å². The van der Waals surface area contributed by atoms with Crippen molar-refractivity contribution in [3.05, 3.63) is 66.0 Å². The summed E-state index contributed by atoms with van der Waals surface area (Å²) in [5.74, 6) is 0.432. The number of aromatic amines is 1. The summed E-state index contributed by atoms with van der Waals surface area (Å²) in [4.78, 5) is 16.2. The average molecular weight is 356 g/mol. The minimum absolute atomic E-state index is 0.0611. The van der Waals surface area contributed by atoms with Crippen LogP contribution in [0, 0.1) is 5.82 Å². The maximum Gasteiger partial charge on any atom is 0.230 e. The molecule has 5 nitrogen and oxygen atoms in total. The Hall–Kier alpha value is -2.67. The highest BCUT2D eigenvalue weighted by Crippen LogP contribution is 2.19. The van der Waals surface area contributed by atoms with Crippen LogP contribution in [0.1, 0.15) is 5.56 Å². The molecule has 2 N–H and O–H groups in total. The summed E-state index contributed by atoms with van der Waals surface area (Å²) in [6, 6.07) is 16.0. The molecular weight excluding hydrogens is 339 g/mol. The van der Waals surface area contributed by atoms with Crippen LogP contribution < -0.4 is 5.32 Å². The summed E-state index contributed by atoms with van der Waals surface area (Å²) in [7, 11) is 0. The van der Waals surface area contributed by atoms with E-state index < -0.39 is 0 Å². The third-order valence-corrected chi connectivity index (χ3v) is 4.34. The van der Waals surface area contributed by atoms with Gasteiger partial charge in [-0.15, -0.1) is 5.10 Å². The molecule has 7 heteroatoms. The van der Waals surface area contributed by atoms with E-state index in [1.54, 1.807) is 12.1 Å². The van der Waals surface area contributed by atoms with E-state index in [9.17, 15) is 9.18 Å². The molecule has 1 amide bonds. The number of H-pyrrole nitrogens is 1. The van der Waals surface area contributed by atoms with Crippen molar-refractivity contribution < 1.29 is 9.18 Å². The van der Waals surface area contributed by atoms with Crippen molar-refractivity contribution in [3.63, 3.8) is 0 Å². The van der Waals surface area contributed by atoms with Gasteiger partial charge in [0.25, 0.3) is 0 Å². The van der Waals surface area contributed by atoms with E-state index in [1.807, 2.05) is 30.3 Å². The normalized spacial score (nSPS) is 10.6. The van der Waals surface area contributed by atoms with Crippen molar-refractivity contribution in [2.24, 2.45) is 0 Å². The lowest BCUT2D eigenvalue weighted by Crippen LogP contribution is -2.27. The smallest absolute Gasteiger partial charge is 0.230 e. The van der Waals surface area contributed by atoms with Gasteiger partial charge in [-0.2, -0.15) is 0 Å². The van der Waals surface area contributed by atoms with Gasteiger partial charge in [-0.1, -0.05) is 42.1 Å². The largest absolute Gasteiger partial charge is 0.355 e. The second-order valence-electron chi connectivity index (χ2n) is 5.35. The van der Waals surface area contributed by atoms with Gasteiger partial charge in [-0.25, -0.2) is 9.37 Å². The molecule has 0 unspecified atom stereocenters. The highest BCUT2D eigenvalue weighted by Gasteiger charge is 2.09. The fourth-order valence-corrected chi connectivity index (χ4v) is 2.85. The summed E-state index contributed by atoms with van der Waals surface area (Å²) in [5.41, 5.74) is 1.93. The summed E-state index contributed by atoms with van der Waals surface area (Å²) < 4.78 is 12.9. The van der Waals surface area contributed by atoms with Crippen LogP contribution >= 0.6 is 11.8 Å². The predicted molar refractivity (Wildman–Crippen MR) is 95.7 cm³/mol. The number of rotatable bonds is 7. The Morgan fingerprint density at radius 3 is 2.64 bits per heavy atom. The van der Waals surface area contributed by atoms with E-state index >= 15 is 0 Å². The molecule has 0 bridgehead atoms. The van der Waals surface area contributed by atoms with E-state index in [1.165, 1.54) is 29.5 Å². The molecule has 0 atom stereocenters. The van der Waals surface area contributed by atoms with Crippen molar-refractivity contribution in [2.75, 3.05) is 12.3 Å². The SMILES string of the molecule is O=C(CSc1n[nH]c(-c2ccc(F)cc2)n1)NCCc1ccccc1. The van der Waals surface area contributed by atoms with Crippen LogP contribution in [0.4, 0.5) is 4.39 Å². The van der Waals surface area contributed by atoms with Crippen LogP contribution in [0.3, 0.4) is 0 Å². The Kier molecular flexibility index (Phi) is 5.79. The van der Waals surface area contributed by atoms with Crippen molar-refractivity contribution in [2.45, 2.75) is 11.6 Å². The number of hydrogen-bond donors (Lipinski definition) is 2. The van der Waals surface area contributed by atoms with Crippen molar-refractivity contribution in [3.8, 4) is 11.4 Å². The molecule has 0 saturated heterocycles. The third kappa shape index (κ3) is 5.15. The van der Waals surface area contributed by atoms with Crippen molar-refractivity contribution in [1.82, 2.24) is 20.5 Å². The number of thioether (sulfide) groups is 1. The van der Waals surface area contributed by atoms with Gasteiger partial charge in [-0.3, -0.25) is 9.89 Å². The number of carbonyl (C=O) groups excluding carboxylic acids is 1. The number of amides is 1. The van der Waals surface area contributed by atoms with E-state index in [2.05, 4.69) is 20.5 Å². The monoisotopic (exact) mass is 356 g/mol. The maximum absolute atomic E-state index is 12.9. The van der Waals surface area contributed by atoms with Gasteiger partial charge in [0, 0.05) is 12.1 Å². The van der Waals surface area contributed by atoms with Gasteiger partial charge in [0.15, 0.2) is 5.82 Å². The van der Waals surface area contributed by atoms with Crippen LogP contribution in [0.2, 0.25) is 0 Å². The standard InChI is InChI=1S/C18H17FN4OS/c19-15-8-6-14(7-9-15)17-21-18(23-22-17)25-12-16(24)20-11-10-13-4-2-1-3-5-13/h1-9H,10-12H2,(H,20,24)(H,21,22,23). The number of hydrogen-bond acceptors (Lipinski definition) is 4. The lowest BCUT2D eigenvalue weighted by Gasteiger charge is -2.04. The molecule has 1 aromatic heterocycles. The Balaban J connectivity index is 1.44. The van der Waals surface area contributed by atoms with Crippen LogP contribution in [-0.4, -0.2) is 33.4 Å². The van der Waals surface area contributed by atoms with Crippen LogP contribution in [-0.2, 0) is 11.2 Å². The second kappa shape index (κ2) is 8.43. The first-order chi connectivity index (χ1) is 12.2. The van der Waals surface area contributed by atoms with Crippen molar-refractivity contribution >= 4 is 17.7 Å². The van der Waals surface area contributed by atoms with E-state index in [0.29, 0.717) is 17.5 Å². The lowest BCUT2D eigenvalue weighted by atomic mass is 10.1. The Morgan fingerprint density at radius 1 is 1.12 bits per heavy atom. The molecule has 0 radical (unpaired) electrons. The van der Waals surface area contributed by atoms with E-state index in [0.717, 1.165) is 12.0 Å². The molecule has 0 aliphatic rings. The first-order valence-electron chi connectivity index (χ1n) is 7.82. The molecule has 3 aromatic rings. The summed E-state index contributed by atoms with van der Waals surface area (Å²) in [6.45, 7) is 0.595. The third-order valence-electron chi connectivity index (χ3n) is 3.49. The van der Waals surface area contributed by atoms with Gasteiger partial charge >= 0.3 is 0 Å². The summed E-state index contributed by atoms with van der Waals surface area (Å²) in [6.07, 6.45) is 0.798. The van der Waals surface area contributed by atoms with Crippen LogP contribution in [0.5, 0.6) is 0 Å². The highest BCUT2D eigenvalue weighted by atomic mass is 32.2. The minimum Gasteiger partial charge on any atom is -0.355 e. The molecule has 128 valence electrons. The quantitative estimate of drug-likeness (QED) is 0.638. The number of carbonyl (C=O) groups is 1. The number of nitrogens with zero attached hydrogens (tertiary/aromatic N) is 2. The summed E-state index contributed by atoms with van der Waals surface area (Å²) >= 11 is 1.25. The van der Waals surface area contributed by atoms with Crippen LogP contribution in [0.25, 0.3) is 11.4 Å².